The van der Waals surface area contributed by atoms with E-state index in [1.807, 2.05) is 44.1 Å². The van der Waals surface area contributed by atoms with Crippen molar-refractivity contribution < 1.29 is 14.3 Å². The molecule has 0 aliphatic heterocycles. The predicted octanol–water partition coefficient (Wildman–Crippen LogP) is 3.76. The van der Waals surface area contributed by atoms with Gasteiger partial charge >= 0.3 is 5.97 Å². The Morgan fingerprint density at radius 3 is 2.52 bits per heavy atom. The maximum absolute atomic E-state index is 12.9. The first-order valence-corrected chi connectivity index (χ1v) is 9.19. The first kappa shape index (κ1) is 19.3. The number of nitrogens with one attached hydrogen (secondary N) is 1. The molecule has 5 nitrogen and oxygen atoms in total. The standard InChI is InChI=1S/C20H30N2O3/c1-5-25-20(24)18(15-9-7-6-8-10-15)19(23)21-17-13-16(22(3)4)12-11-14(17)2/h11-13,15,18H,5-10H2,1-4H3,(H,21,23). The maximum atomic E-state index is 12.9. The van der Waals surface area contributed by atoms with E-state index in [0.717, 1.165) is 42.6 Å². The van der Waals surface area contributed by atoms with E-state index in [4.69, 9.17) is 4.74 Å². The minimum atomic E-state index is -0.720. The predicted molar refractivity (Wildman–Crippen MR) is 101 cm³/mol. The number of anilines is 2. The number of amides is 1. The summed E-state index contributed by atoms with van der Waals surface area (Å²) in [5, 5.41) is 2.98. The molecule has 1 N–H and O–H groups in total. The number of ether oxygens (including phenoxy) is 1. The monoisotopic (exact) mass is 346 g/mol. The molecule has 1 aromatic rings. The van der Waals surface area contributed by atoms with Gasteiger partial charge in [-0.1, -0.05) is 25.3 Å². The number of aryl methyl sites for hydroxylation is 1. The summed E-state index contributed by atoms with van der Waals surface area (Å²) in [4.78, 5) is 27.4. The van der Waals surface area contributed by atoms with Gasteiger partial charge in [0, 0.05) is 25.5 Å². The second-order valence-electron chi connectivity index (χ2n) is 7.01. The smallest absolute Gasteiger partial charge is 0.318 e. The van der Waals surface area contributed by atoms with E-state index < -0.39 is 11.9 Å². The highest BCUT2D eigenvalue weighted by atomic mass is 16.5. The summed E-state index contributed by atoms with van der Waals surface area (Å²) in [7, 11) is 3.92. The number of benzene rings is 1. The SMILES string of the molecule is CCOC(=O)C(C(=O)Nc1cc(N(C)C)ccc1C)C1CCCCC1. The Balaban J connectivity index is 2.21. The maximum Gasteiger partial charge on any atom is 0.318 e. The number of rotatable bonds is 6. The fourth-order valence-electron chi connectivity index (χ4n) is 3.45. The number of carbonyl (C=O) groups excluding carboxylic acids is 2. The van der Waals surface area contributed by atoms with Gasteiger partial charge in [-0.15, -0.1) is 0 Å². The van der Waals surface area contributed by atoms with Gasteiger partial charge in [0.25, 0.3) is 0 Å². The van der Waals surface area contributed by atoms with Crippen molar-refractivity contribution in [1.29, 1.82) is 0 Å². The van der Waals surface area contributed by atoms with Gasteiger partial charge in [0.15, 0.2) is 0 Å². The first-order chi connectivity index (χ1) is 11.9. The molecule has 1 aromatic carbocycles. The third-order valence-electron chi connectivity index (χ3n) is 4.94. The molecule has 0 aromatic heterocycles. The van der Waals surface area contributed by atoms with Crippen molar-refractivity contribution in [2.45, 2.75) is 46.0 Å². The molecule has 138 valence electrons. The van der Waals surface area contributed by atoms with Crippen LogP contribution in [0.2, 0.25) is 0 Å². The first-order valence-electron chi connectivity index (χ1n) is 9.19. The Hall–Kier alpha value is -2.04. The van der Waals surface area contributed by atoms with Crippen LogP contribution in [0.4, 0.5) is 11.4 Å². The second-order valence-corrected chi connectivity index (χ2v) is 7.01. The molecule has 0 radical (unpaired) electrons. The van der Waals surface area contributed by atoms with Crippen molar-refractivity contribution in [1.82, 2.24) is 0 Å². The third kappa shape index (κ3) is 4.97. The summed E-state index contributed by atoms with van der Waals surface area (Å²) < 4.78 is 5.20. The van der Waals surface area contributed by atoms with Crippen molar-refractivity contribution in [3.8, 4) is 0 Å². The zero-order valence-electron chi connectivity index (χ0n) is 15.8. The lowest BCUT2D eigenvalue weighted by Crippen LogP contribution is -2.38. The van der Waals surface area contributed by atoms with Crippen LogP contribution in [0, 0.1) is 18.8 Å². The van der Waals surface area contributed by atoms with Crippen molar-refractivity contribution in [2.24, 2.45) is 11.8 Å². The second kappa shape index (κ2) is 8.88. The Labute approximate surface area is 150 Å². The van der Waals surface area contributed by atoms with Gasteiger partial charge in [-0.2, -0.15) is 0 Å². The Kier molecular flexibility index (Phi) is 6.85. The van der Waals surface area contributed by atoms with Crippen LogP contribution in [-0.2, 0) is 14.3 Å². The van der Waals surface area contributed by atoms with E-state index in [1.165, 1.54) is 6.42 Å². The summed E-state index contributed by atoms with van der Waals surface area (Å²) >= 11 is 0. The van der Waals surface area contributed by atoms with Gasteiger partial charge in [0.2, 0.25) is 5.91 Å². The van der Waals surface area contributed by atoms with Crippen molar-refractivity contribution in [3.05, 3.63) is 23.8 Å². The largest absolute Gasteiger partial charge is 0.465 e. The molecule has 0 heterocycles. The van der Waals surface area contributed by atoms with Crippen LogP contribution in [0.5, 0.6) is 0 Å². The summed E-state index contributed by atoms with van der Waals surface area (Å²) in [6.45, 7) is 4.03. The summed E-state index contributed by atoms with van der Waals surface area (Å²) in [5.74, 6) is -1.29. The van der Waals surface area contributed by atoms with Gasteiger partial charge in [-0.05, 0) is 50.3 Å². The molecule has 1 aliphatic carbocycles. The molecule has 2 rings (SSSR count). The molecule has 1 atom stereocenters. The molecular weight excluding hydrogens is 316 g/mol. The van der Waals surface area contributed by atoms with Crippen LogP contribution in [0.15, 0.2) is 18.2 Å². The van der Waals surface area contributed by atoms with Crippen LogP contribution in [0.25, 0.3) is 0 Å². The molecule has 1 fully saturated rings. The van der Waals surface area contributed by atoms with Gasteiger partial charge in [-0.25, -0.2) is 0 Å². The van der Waals surface area contributed by atoms with Gasteiger partial charge in [0.1, 0.15) is 5.92 Å². The summed E-state index contributed by atoms with van der Waals surface area (Å²) in [6, 6.07) is 5.93. The van der Waals surface area contributed by atoms with Crippen LogP contribution in [0.3, 0.4) is 0 Å². The molecule has 5 heteroatoms. The zero-order chi connectivity index (χ0) is 18.4. The lowest BCUT2D eigenvalue weighted by Gasteiger charge is -2.28. The average Bonchev–Trinajstić information content (AvgIpc) is 2.58. The summed E-state index contributed by atoms with van der Waals surface area (Å²) in [5.41, 5.74) is 2.73. The highest BCUT2D eigenvalue weighted by molar-refractivity contribution is 6.05. The summed E-state index contributed by atoms with van der Waals surface area (Å²) in [6.07, 6.45) is 5.14. The molecule has 25 heavy (non-hydrogen) atoms. The topological polar surface area (TPSA) is 58.6 Å². The van der Waals surface area contributed by atoms with Crippen molar-refractivity contribution in [3.63, 3.8) is 0 Å². The Bertz CT molecular complexity index is 607. The zero-order valence-corrected chi connectivity index (χ0v) is 15.8. The normalized spacial score (nSPS) is 16.2. The molecule has 0 saturated heterocycles. The average molecular weight is 346 g/mol. The van der Waals surface area contributed by atoms with Gasteiger partial charge in [0.05, 0.1) is 6.61 Å². The van der Waals surface area contributed by atoms with Crippen LogP contribution in [-0.4, -0.2) is 32.6 Å². The molecule has 1 saturated carbocycles. The lowest BCUT2D eigenvalue weighted by atomic mass is 9.79. The number of carbonyl (C=O) groups is 2. The van der Waals surface area contributed by atoms with Crippen LogP contribution in [0.1, 0.15) is 44.6 Å². The lowest BCUT2D eigenvalue weighted by molar-refractivity contribution is -0.153. The van der Waals surface area contributed by atoms with E-state index in [9.17, 15) is 9.59 Å². The quantitative estimate of drug-likeness (QED) is 0.629. The van der Waals surface area contributed by atoms with E-state index in [-0.39, 0.29) is 11.8 Å². The highest BCUT2D eigenvalue weighted by Gasteiger charge is 2.36. The number of hydrogen-bond acceptors (Lipinski definition) is 4. The molecule has 1 amide bonds. The molecule has 0 bridgehead atoms. The van der Waals surface area contributed by atoms with Crippen LogP contribution >= 0.6 is 0 Å². The fraction of sp³-hybridized carbons (Fsp3) is 0.600. The fourth-order valence-corrected chi connectivity index (χ4v) is 3.45. The van der Waals surface area contributed by atoms with Crippen molar-refractivity contribution in [2.75, 3.05) is 30.9 Å². The number of esters is 1. The minimum Gasteiger partial charge on any atom is -0.465 e. The van der Waals surface area contributed by atoms with Gasteiger partial charge in [-0.3, -0.25) is 9.59 Å². The highest BCUT2D eigenvalue weighted by Crippen LogP contribution is 2.32. The van der Waals surface area contributed by atoms with Crippen molar-refractivity contribution >= 4 is 23.3 Å². The number of nitrogens with zero attached hydrogens (tertiary/aromatic N) is 1. The van der Waals surface area contributed by atoms with E-state index in [2.05, 4.69) is 5.32 Å². The minimum absolute atomic E-state index is 0.0742. The third-order valence-corrected chi connectivity index (χ3v) is 4.94. The van der Waals surface area contributed by atoms with E-state index in [1.54, 1.807) is 6.92 Å². The van der Waals surface area contributed by atoms with E-state index >= 15 is 0 Å². The Morgan fingerprint density at radius 1 is 1.24 bits per heavy atom. The Morgan fingerprint density at radius 2 is 1.92 bits per heavy atom. The molecule has 0 spiro atoms. The van der Waals surface area contributed by atoms with Crippen LogP contribution < -0.4 is 10.2 Å². The number of hydrogen-bond donors (Lipinski definition) is 1. The van der Waals surface area contributed by atoms with Gasteiger partial charge < -0.3 is 15.0 Å². The molecule has 1 unspecified atom stereocenters. The molecule has 1 aliphatic rings. The molecular formula is C20H30N2O3. The van der Waals surface area contributed by atoms with E-state index in [0.29, 0.717) is 6.61 Å².